The zero-order valence-electron chi connectivity index (χ0n) is 41.7. The van der Waals surface area contributed by atoms with E-state index in [9.17, 15) is 47.4 Å². The molecule has 12 heteroatoms. The molecule has 0 amide bonds. The molecule has 362 valence electrons. The molecule has 12 rings (SSSR count). The zero-order chi connectivity index (χ0) is 55.2. The van der Waals surface area contributed by atoms with Gasteiger partial charge in [-0.15, -0.1) is 0 Å². The second-order valence-corrected chi connectivity index (χ2v) is 18.9. The Balaban J connectivity index is 1.24. The summed E-state index contributed by atoms with van der Waals surface area (Å²) in [6, 6.07) is 71.3. The molecule has 0 atom stereocenters. The van der Waals surface area contributed by atoms with Gasteiger partial charge in [0.15, 0.2) is 0 Å². The predicted octanol–water partition coefficient (Wildman–Crippen LogP) is 14.5. The van der Waals surface area contributed by atoms with Gasteiger partial charge in [0.05, 0.1) is 127 Å². The van der Waals surface area contributed by atoms with Crippen molar-refractivity contribution in [2.24, 2.45) is 0 Å². The average molecular weight is 1020 g/mol. The Morgan fingerprint density at radius 1 is 0.237 bits per heavy atom. The van der Waals surface area contributed by atoms with Gasteiger partial charge in [-0.25, -0.2) is 0 Å². The highest BCUT2D eigenvalue weighted by Gasteiger charge is 2.25. The number of hydrogen-bond acceptors (Lipinski definition) is 10. The number of benzene rings is 9. The predicted molar refractivity (Wildman–Crippen MR) is 303 cm³/mol. The average Bonchev–Trinajstić information content (AvgIpc) is 4.16. The Morgan fingerprint density at radius 3 is 0.725 bits per heavy atom. The van der Waals surface area contributed by atoms with Crippen molar-refractivity contribution >= 4 is 43.6 Å². The van der Waals surface area contributed by atoms with E-state index in [1.54, 1.807) is 60.9 Å². The fourth-order valence-corrected chi connectivity index (χ4v) is 10.8. The summed E-state index contributed by atoms with van der Waals surface area (Å²) in [5.74, 6) is 0. The van der Waals surface area contributed by atoms with Gasteiger partial charge in [0.1, 0.15) is 11.6 Å². The van der Waals surface area contributed by atoms with Crippen molar-refractivity contribution in [3.8, 4) is 122 Å². The van der Waals surface area contributed by atoms with E-state index in [0.29, 0.717) is 128 Å². The molecule has 0 saturated carbocycles. The molecule has 9 aromatic carbocycles. The molecule has 3 heterocycles. The lowest BCUT2D eigenvalue weighted by Gasteiger charge is -2.19. The summed E-state index contributed by atoms with van der Waals surface area (Å²) in [7, 11) is 0. The van der Waals surface area contributed by atoms with Gasteiger partial charge in [0, 0.05) is 33.9 Å². The van der Waals surface area contributed by atoms with Gasteiger partial charge < -0.3 is 9.13 Å². The van der Waals surface area contributed by atoms with Crippen LogP contribution in [-0.4, -0.2) is 14.1 Å². The molecule has 0 aliphatic heterocycles. The second-order valence-electron chi connectivity index (χ2n) is 18.9. The summed E-state index contributed by atoms with van der Waals surface area (Å²) < 4.78 is 4.06. The first-order valence-electron chi connectivity index (χ1n) is 24.6. The summed E-state index contributed by atoms with van der Waals surface area (Å²) in [6.07, 6.45) is 3.38. The summed E-state index contributed by atoms with van der Waals surface area (Å²) in [5.41, 5.74) is 13.2. The van der Waals surface area contributed by atoms with Crippen LogP contribution in [0.1, 0.15) is 50.1 Å². The van der Waals surface area contributed by atoms with Crippen molar-refractivity contribution in [3.05, 3.63) is 232 Å². The highest BCUT2D eigenvalue weighted by Crippen LogP contribution is 2.44. The maximum absolute atomic E-state index is 12.0. The largest absolute Gasteiger partial charge is 0.308 e. The first kappa shape index (κ1) is 48.1. The van der Waals surface area contributed by atoms with Gasteiger partial charge in [0.25, 0.3) is 0 Å². The Labute approximate surface area is 456 Å². The molecule has 0 radical (unpaired) electrons. The fraction of sp³-hybridized carbons (Fsp3) is 0. The third kappa shape index (κ3) is 8.17. The van der Waals surface area contributed by atoms with Gasteiger partial charge >= 0.3 is 0 Å². The van der Waals surface area contributed by atoms with Crippen LogP contribution in [0.5, 0.6) is 0 Å². The SMILES string of the molecule is N#Cc1cc(C#N)cc(-c2ccc3c4ccc(-c5cc(C#N)cc(C#N)c5)cc4n(-c4cc(-c5ccncc5)cc(-n5c6cc(-c7cc(C#N)cc(C#N)c7)ccc6c6ccc(-c7cc(C#N)cc(C#N)c7)cc65)c4C#N)c3c2)c1. The van der Waals surface area contributed by atoms with Gasteiger partial charge in [-0.2, -0.15) is 47.4 Å². The Bertz CT molecular complexity index is 4440. The molecule has 12 nitrogen and oxygen atoms in total. The molecule has 0 N–H and O–H groups in total. The van der Waals surface area contributed by atoms with Crippen LogP contribution in [0.15, 0.2) is 182 Å². The topological polar surface area (TPSA) is 237 Å². The van der Waals surface area contributed by atoms with E-state index in [-0.39, 0.29) is 5.56 Å². The van der Waals surface area contributed by atoms with E-state index in [0.717, 1.165) is 27.1 Å². The van der Waals surface area contributed by atoms with Crippen molar-refractivity contribution in [1.29, 1.82) is 47.4 Å². The van der Waals surface area contributed by atoms with Crippen LogP contribution in [-0.2, 0) is 0 Å². The lowest BCUT2D eigenvalue weighted by Crippen LogP contribution is -2.05. The van der Waals surface area contributed by atoms with Crippen LogP contribution in [0, 0.1) is 102 Å². The molecular formula is C68H30N12. The molecule has 0 fully saturated rings. The van der Waals surface area contributed by atoms with Crippen LogP contribution >= 0.6 is 0 Å². The van der Waals surface area contributed by atoms with Crippen LogP contribution in [0.4, 0.5) is 0 Å². The standard InChI is InChI=1S/C68H30N12/c69-31-40-13-41(32-70)18-53(17-40)49-1-5-58-59-6-2-50(54-19-42(33-71)14-43(20-54)34-72)26-64(59)79(63(58)25-49)67-29-57(48-9-11-78-12-10-48)30-68(62(67)39-77)80-65-27-51(55-21-44(35-73)15-45(22-55)36-74)3-7-60(65)61-8-4-52(28-66(61)80)56-23-46(37-75)16-47(24-56)38-76/h1-30H. The third-order valence-electron chi connectivity index (χ3n) is 14.3. The smallest absolute Gasteiger partial charge is 0.104 e. The number of fused-ring (bicyclic) bond motifs is 6. The number of nitrogens with zero attached hydrogens (tertiary/aromatic N) is 12. The van der Waals surface area contributed by atoms with Gasteiger partial charge in [-0.05, 0) is 177 Å². The number of hydrogen-bond donors (Lipinski definition) is 0. The lowest BCUT2D eigenvalue weighted by molar-refractivity contribution is 1.12. The zero-order valence-corrected chi connectivity index (χ0v) is 41.7. The highest BCUT2D eigenvalue weighted by atomic mass is 15.0. The maximum atomic E-state index is 12.0. The second kappa shape index (κ2) is 19.4. The molecule has 0 saturated heterocycles. The quantitative estimate of drug-likeness (QED) is 0.146. The number of aromatic nitrogens is 3. The molecule has 12 aromatic rings. The maximum Gasteiger partial charge on any atom is 0.104 e. The molecule has 0 aliphatic rings. The van der Waals surface area contributed by atoms with Crippen LogP contribution in [0.25, 0.3) is 111 Å². The van der Waals surface area contributed by atoms with Crippen molar-refractivity contribution in [1.82, 2.24) is 14.1 Å². The van der Waals surface area contributed by atoms with E-state index in [2.05, 4.69) is 59.6 Å². The van der Waals surface area contributed by atoms with Crippen molar-refractivity contribution in [2.75, 3.05) is 0 Å². The molecule has 0 unspecified atom stereocenters. The minimum Gasteiger partial charge on any atom is -0.308 e. The van der Waals surface area contributed by atoms with Crippen molar-refractivity contribution in [3.63, 3.8) is 0 Å². The van der Waals surface area contributed by atoms with E-state index in [1.807, 2.05) is 106 Å². The highest BCUT2D eigenvalue weighted by molar-refractivity contribution is 6.13. The fourth-order valence-electron chi connectivity index (χ4n) is 10.8. The first-order valence-corrected chi connectivity index (χ1v) is 24.6. The Hall–Kier alpha value is -12.9. The third-order valence-corrected chi connectivity index (χ3v) is 14.3. The molecule has 0 bridgehead atoms. The molecule has 0 aliphatic carbocycles. The van der Waals surface area contributed by atoms with Gasteiger partial charge in [-0.3, -0.25) is 4.98 Å². The van der Waals surface area contributed by atoms with Crippen molar-refractivity contribution < 1.29 is 0 Å². The van der Waals surface area contributed by atoms with E-state index < -0.39 is 0 Å². The Kier molecular flexibility index (Phi) is 11.7. The minimum absolute atomic E-state index is 0.250. The van der Waals surface area contributed by atoms with E-state index in [4.69, 9.17) is 0 Å². The first-order chi connectivity index (χ1) is 39.2. The van der Waals surface area contributed by atoms with Crippen LogP contribution < -0.4 is 0 Å². The molecule has 80 heavy (non-hydrogen) atoms. The summed E-state index contributed by atoms with van der Waals surface area (Å²) in [4.78, 5) is 4.34. The monoisotopic (exact) mass is 1010 g/mol. The summed E-state index contributed by atoms with van der Waals surface area (Å²) in [6.45, 7) is 0. The van der Waals surface area contributed by atoms with Crippen molar-refractivity contribution in [2.45, 2.75) is 0 Å². The molecule has 3 aromatic heterocycles. The van der Waals surface area contributed by atoms with Crippen LogP contribution in [0.3, 0.4) is 0 Å². The number of nitriles is 9. The normalized spacial score (nSPS) is 10.6. The number of rotatable bonds is 7. The summed E-state index contributed by atoms with van der Waals surface area (Å²) in [5, 5.41) is 95.6. The van der Waals surface area contributed by atoms with Gasteiger partial charge in [-0.1, -0.05) is 48.5 Å². The molecular weight excluding hydrogens is 985 g/mol. The van der Waals surface area contributed by atoms with Crippen LogP contribution in [0.2, 0.25) is 0 Å². The molecule has 0 spiro atoms. The Morgan fingerprint density at radius 2 is 0.487 bits per heavy atom. The lowest BCUT2D eigenvalue weighted by atomic mass is 9.98. The van der Waals surface area contributed by atoms with E-state index >= 15 is 0 Å². The summed E-state index contributed by atoms with van der Waals surface area (Å²) >= 11 is 0. The van der Waals surface area contributed by atoms with E-state index in [1.165, 1.54) is 24.3 Å². The number of pyridine rings is 1. The van der Waals surface area contributed by atoms with Gasteiger partial charge in [0.2, 0.25) is 0 Å². The minimum atomic E-state index is 0.250.